The molecule has 4 heteroatoms. The fourth-order valence-corrected chi connectivity index (χ4v) is 2.53. The lowest BCUT2D eigenvalue weighted by atomic mass is 9.98. The molecule has 2 aromatic carbocycles. The largest absolute Gasteiger partial charge is 0.496 e. The molecule has 0 amide bonds. The predicted octanol–water partition coefficient (Wildman–Crippen LogP) is 4.65. The van der Waals surface area contributed by atoms with Crippen LogP contribution in [0.4, 0.5) is 0 Å². The minimum absolute atomic E-state index is 0.0932. The van der Waals surface area contributed by atoms with Crippen molar-refractivity contribution in [1.82, 2.24) is 0 Å². The number of hydrogen-bond donors (Lipinski definition) is 0. The zero-order valence-corrected chi connectivity index (χ0v) is 12.9. The third-order valence-electron chi connectivity index (χ3n) is 2.84. The van der Waals surface area contributed by atoms with E-state index in [9.17, 15) is 4.79 Å². The van der Waals surface area contributed by atoms with E-state index >= 15 is 0 Å². The molecule has 2 rings (SSSR count). The molecule has 0 fully saturated rings. The second-order valence-electron chi connectivity index (χ2n) is 4.13. The van der Waals surface area contributed by atoms with Crippen molar-refractivity contribution in [3.8, 4) is 5.75 Å². The second kappa shape index (κ2) is 5.76. The second-order valence-corrected chi connectivity index (χ2v) is 5.49. The van der Waals surface area contributed by atoms with E-state index in [2.05, 4.69) is 15.9 Å². The molecule has 0 N–H and O–H groups in total. The highest BCUT2D eigenvalue weighted by Crippen LogP contribution is 2.27. The Morgan fingerprint density at radius 1 is 1.16 bits per heavy atom. The van der Waals surface area contributed by atoms with Crippen molar-refractivity contribution in [2.75, 3.05) is 7.11 Å². The van der Waals surface area contributed by atoms with Crippen LogP contribution < -0.4 is 4.74 Å². The van der Waals surface area contributed by atoms with Crippen LogP contribution in [0.15, 0.2) is 40.9 Å². The summed E-state index contributed by atoms with van der Waals surface area (Å²) in [5, 5.41) is 0.513. The van der Waals surface area contributed by atoms with E-state index in [0.29, 0.717) is 21.9 Å². The summed E-state index contributed by atoms with van der Waals surface area (Å²) in [6.45, 7) is 1.90. The predicted molar refractivity (Wildman–Crippen MR) is 80.3 cm³/mol. The summed E-state index contributed by atoms with van der Waals surface area (Å²) in [6, 6.07) is 10.6. The van der Waals surface area contributed by atoms with Gasteiger partial charge in [-0.05, 0) is 48.9 Å². The van der Waals surface area contributed by atoms with Crippen LogP contribution in [0, 0.1) is 6.92 Å². The first kappa shape index (κ1) is 14.1. The fourth-order valence-electron chi connectivity index (χ4n) is 1.88. The van der Waals surface area contributed by atoms with Crippen LogP contribution in [0.5, 0.6) is 5.75 Å². The summed E-state index contributed by atoms with van der Waals surface area (Å²) in [7, 11) is 1.54. The van der Waals surface area contributed by atoms with E-state index in [1.54, 1.807) is 24.3 Å². The van der Waals surface area contributed by atoms with E-state index in [4.69, 9.17) is 16.3 Å². The van der Waals surface area contributed by atoms with Crippen molar-refractivity contribution in [2.24, 2.45) is 0 Å². The zero-order chi connectivity index (χ0) is 14.0. The summed E-state index contributed by atoms with van der Waals surface area (Å²) in [5.41, 5.74) is 2.02. The lowest BCUT2D eigenvalue weighted by Crippen LogP contribution is -2.06. The van der Waals surface area contributed by atoms with Gasteiger partial charge in [0.25, 0.3) is 0 Å². The van der Waals surface area contributed by atoms with Crippen LogP contribution in [0.2, 0.25) is 5.02 Å². The van der Waals surface area contributed by atoms with Gasteiger partial charge in [0.2, 0.25) is 0 Å². The highest BCUT2D eigenvalue weighted by atomic mass is 79.9. The molecule has 98 valence electrons. The van der Waals surface area contributed by atoms with Crippen molar-refractivity contribution in [1.29, 1.82) is 0 Å². The molecule has 0 aliphatic rings. The summed E-state index contributed by atoms with van der Waals surface area (Å²) >= 11 is 9.34. The van der Waals surface area contributed by atoms with Gasteiger partial charge < -0.3 is 4.74 Å². The van der Waals surface area contributed by atoms with E-state index < -0.39 is 0 Å². The summed E-state index contributed by atoms with van der Waals surface area (Å²) in [6.07, 6.45) is 0. The van der Waals surface area contributed by atoms with Gasteiger partial charge in [-0.2, -0.15) is 0 Å². The van der Waals surface area contributed by atoms with Gasteiger partial charge in [0.1, 0.15) is 5.75 Å². The molecule has 0 aliphatic carbocycles. The van der Waals surface area contributed by atoms with Crippen LogP contribution in [-0.2, 0) is 0 Å². The Morgan fingerprint density at radius 3 is 2.53 bits per heavy atom. The number of rotatable bonds is 3. The first-order chi connectivity index (χ1) is 9.02. The highest BCUT2D eigenvalue weighted by Gasteiger charge is 2.16. The molecule has 0 atom stereocenters. The molecule has 0 saturated carbocycles. The Labute approximate surface area is 125 Å². The Hall–Kier alpha value is -1.32. The van der Waals surface area contributed by atoms with Crippen molar-refractivity contribution in [3.05, 3.63) is 62.6 Å². The Morgan fingerprint density at radius 2 is 1.89 bits per heavy atom. The van der Waals surface area contributed by atoms with Gasteiger partial charge in [-0.15, -0.1) is 0 Å². The number of methoxy groups -OCH3 is 1. The number of hydrogen-bond acceptors (Lipinski definition) is 2. The molecule has 0 unspecified atom stereocenters. The summed E-state index contributed by atoms with van der Waals surface area (Å²) in [5.74, 6) is 0.432. The van der Waals surface area contributed by atoms with Crippen LogP contribution in [-0.4, -0.2) is 12.9 Å². The Balaban J connectivity index is 2.52. The van der Waals surface area contributed by atoms with Gasteiger partial charge in [0.05, 0.1) is 12.7 Å². The number of carbonyl (C=O) groups is 1. The van der Waals surface area contributed by atoms with E-state index in [-0.39, 0.29) is 5.78 Å². The molecule has 19 heavy (non-hydrogen) atoms. The molecule has 0 aliphatic heterocycles. The lowest BCUT2D eigenvalue weighted by molar-refractivity contribution is 0.103. The first-order valence-corrected chi connectivity index (χ1v) is 6.84. The monoisotopic (exact) mass is 338 g/mol. The molecule has 0 radical (unpaired) electrons. The normalized spacial score (nSPS) is 10.3. The SMILES string of the molecule is COc1ccc(Cl)cc1C(=O)c1ccc(Br)cc1C. The van der Waals surface area contributed by atoms with E-state index in [1.165, 1.54) is 7.11 Å². The minimum atomic E-state index is -0.0932. The van der Waals surface area contributed by atoms with E-state index in [1.807, 2.05) is 19.1 Å². The number of ether oxygens (including phenoxy) is 1. The molecule has 2 nitrogen and oxygen atoms in total. The lowest BCUT2D eigenvalue weighted by Gasteiger charge is -2.10. The minimum Gasteiger partial charge on any atom is -0.496 e. The number of benzene rings is 2. The Bertz CT molecular complexity index is 638. The molecule has 0 aromatic heterocycles. The zero-order valence-electron chi connectivity index (χ0n) is 10.5. The topological polar surface area (TPSA) is 26.3 Å². The third-order valence-corrected chi connectivity index (χ3v) is 3.57. The average molecular weight is 340 g/mol. The maximum absolute atomic E-state index is 12.6. The van der Waals surface area contributed by atoms with Crippen LogP contribution in [0.25, 0.3) is 0 Å². The van der Waals surface area contributed by atoms with E-state index in [0.717, 1.165) is 10.0 Å². The van der Waals surface area contributed by atoms with Crippen molar-refractivity contribution >= 4 is 33.3 Å². The average Bonchev–Trinajstić information content (AvgIpc) is 2.38. The fraction of sp³-hybridized carbons (Fsp3) is 0.133. The van der Waals surface area contributed by atoms with Crippen LogP contribution in [0.3, 0.4) is 0 Å². The number of halogens is 2. The van der Waals surface area contributed by atoms with Gasteiger partial charge in [-0.25, -0.2) is 0 Å². The van der Waals surface area contributed by atoms with Crippen molar-refractivity contribution in [3.63, 3.8) is 0 Å². The van der Waals surface area contributed by atoms with Crippen LogP contribution in [0.1, 0.15) is 21.5 Å². The van der Waals surface area contributed by atoms with Crippen molar-refractivity contribution in [2.45, 2.75) is 6.92 Å². The first-order valence-electron chi connectivity index (χ1n) is 5.67. The molecule has 0 bridgehead atoms. The highest BCUT2D eigenvalue weighted by molar-refractivity contribution is 9.10. The molecular weight excluding hydrogens is 328 g/mol. The number of aryl methyl sites for hydroxylation is 1. The molecule has 0 saturated heterocycles. The van der Waals surface area contributed by atoms with Gasteiger partial charge >= 0.3 is 0 Å². The summed E-state index contributed by atoms with van der Waals surface area (Å²) < 4.78 is 6.16. The quantitative estimate of drug-likeness (QED) is 0.761. The molecule has 2 aromatic rings. The van der Waals surface area contributed by atoms with Gasteiger partial charge in [0, 0.05) is 15.1 Å². The maximum atomic E-state index is 12.6. The summed E-state index contributed by atoms with van der Waals surface area (Å²) in [4.78, 5) is 12.6. The molecular formula is C15H12BrClO2. The van der Waals surface area contributed by atoms with Crippen LogP contribution >= 0.6 is 27.5 Å². The van der Waals surface area contributed by atoms with Gasteiger partial charge in [0.15, 0.2) is 5.78 Å². The molecule has 0 heterocycles. The third kappa shape index (κ3) is 2.99. The standard InChI is InChI=1S/C15H12BrClO2/c1-9-7-10(16)3-5-12(9)15(18)13-8-11(17)4-6-14(13)19-2/h3-8H,1-2H3. The maximum Gasteiger partial charge on any atom is 0.197 e. The smallest absolute Gasteiger partial charge is 0.197 e. The Kier molecular flexibility index (Phi) is 4.27. The molecule has 0 spiro atoms. The van der Waals surface area contributed by atoms with Gasteiger partial charge in [-0.1, -0.05) is 27.5 Å². The van der Waals surface area contributed by atoms with Crippen molar-refractivity contribution < 1.29 is 9.53 Å². The number of ketones is 1. The van der Waals surface area contributed by atoms with Gasteiger partial charge in [-0.3, -0.25) is 4.79 Å². The number of carbonyl (C=O) groups excluding carboxylic acids is 1.